The molecule has 0 fully saturated rings. The molecular weight excluding hydrogens is 238 g/mol. The molecule has 1 heterocycles. The molecular formula is C11H15N3O4. The van der Waals surface area contributed by atoms with E-state index in [0.29, 0.717) is 5.56 Å². The first-order valence-electron chi connectivity index (χ1n) is 5.38. The highest BCUT2D eigenvalue weighted by molar-refractivity contribution is 5.71. The molecule has 0 saturated carbocycles. The highest BCUT2D eigenvalue weighted by atomic mass is 16.6. The van der Waals surface area contributed by atoms with Crippen LogP contribution in [0.2, 0.25) is 0 Å². The molecule has 1 aromatic heterocycles. The maximum atomic E-state index is 11.0. The Morgan fingerprint density at radius 1 is 1.67 bits per heavy atom. The fourth-order valence-electron chi connectivity index (χ4n) is 1.62. The Bertz CT molecular complexity index is 475. The first kappa shape index (κ1) is 13.9. The lowest BCUT2D eigenvalue weighted by Crippen LogP contribution is -2.29. The van der Waals surface area contributed by atoms with Crippen molar-refractivity contribution in [3.63, 3.8) is 0 Å². The number of pyridine rings is 1. The third-order valence-corrected chi connectivity index (χ3v) is 2.62. The van der Waals surface area contributed by atoms with Crippen molar-refractivity contribution in [2.75, 3.05) is 18.5 Å². The van der Waals surface area contributed by atoms with Crippen LogP contribution < -0.4 is 4.90 Å². The number of anilines is 1. The zero-order chi connectivity index (χ0) is 13.9. The van der Waals surface area contributed by atoms with Gasteiger partial charge in [0.05, 0.1) is 10.8 Å². The molecule has 1 unspecified atom stereocenters. The van der Waals surface area contributed by atoms with Gasteiger partial charge in [0, 0.05) is 25.4 Å². The molecule has 1 aromatic rings. The zero-order valence-corrected chi connectivity index (χ0v) is 10.5. The second-order valence-corrected chi connectivity index (χ2v) is 4.18. The number of nitrogens with zero attached hydrogens (tertiary/aromatic N) is 3. The summed E-state index contributed by atoms with van der Waals surface area (Å²) in [5.41, 5.74) is 0.414. The summed E-state index contributed by atoms with van der Waals surface area (Å²) in [6.45, 7) is 3.32. The molecule has 98 valence electrons. The molecule has 0 saturated heterocycles. The predicted octanol–water partition coefficient (Wildman–Crippen LogP) is 1.46. The van der Waals surface area contributed by atoms with Crippen molar-refractivity contribution in [1.82, 2.24) is 4.98 Å². The topological polar surface area (TPSA) is 96.6 Å². The van der Waals surface area contributed by atoms with Crippen LogP contribution >= 0.6 is 0 Å². The first-order chi connectivity index (χ1) is 8.34. The van der Waals surface area contributed by atoms with Crippen LogP contribution in [0, 0.1) is 23.0 Å². The number of nitro groups is 1. The summed E-state index contributed by atoms with van der Waals surface area (Å²) in [6.07, 6.45) is 1.47. The molecule has 0 aromatic carbocycles. The quantitative estimate of drug-likeness (QED) is 0.630. The van der Waals surface area contributed by atoms with Crippen LogP contribution in [0.25, 0.3) is 0 Å². The number of carboxylic acids is 1. The smallest absolute Gasteiger partial charge is 0.314 e. The number of aliphatic carboxylic acids is 1. The monoisotopic (exact) mass is 253 g/mol. The molecule has 0 spiro atoms. The minimum atomic E-state index is -0.947. The van der Waals surface area contributed by atoms with E-state index in [0.717, 1.165) is 0 Å². The Labute approximate surface area is 104 Å². The minimum absolute atomic E-state index is 0.0856. The molecule has 7 nitrogen and oxygen atoms in total. The van der Waals surface area contributed by atoms with E-state index in [-0.39, 0.29) is 18.1 Å². The number of hydrogen-bond acceptors (Lipinski definition) is 5. The van der Waals surface area contributed by atoms with Crippen LogP contribution in [-0.2, 0) is 4.79 Å². The third kappa shape index (κ3) is 2.93. The molecule has 7 heteroatoms. The lowest BCUT2D eigenvalue weighted by molar-refractivity contribution is -0.384. The number of aromatic nitrogens is 1. The second kappa shape index (κ2) is 5.44. The van der Waals surface area contributed by atoms with Crippen molar-refractivity contribution in [3.05, 3.63) is 27.9 Å². The van der Waals surface area contributed by atoms with Gasteiger partial charge in [0.25, 0.3) is 0 Å². The van der Waals surface area contributed by atoms with Gasteiger partial charge < -0.3 is 10.0 Å². The summed E-state index contributed by atoms with van der Waals surface area (Å²) in [4.78, 5) is 26.7. The molecule has 18 heavy (non-hydrogen) atoms. The zero-order valence-electron chi connectivity index (χ0n) is 10.5. The van der Waals surface area contributed by atoms with Crippen LogP contribution in [0.1, 0.15) is 12.5 Å². The average molecular weight is 253 g/mol. The lowest BCUT2D eigenvalue weighted by Gasteiger charge is -2.20. The summed E-state index contributed by atoms with van der Waals surface area (Å²) in [5, 5.41) is 19.8. The molecule has 0 bridgehead atoms. The number of aryl methyl sites for hydroxylation is 1. The van der Waals surface area contributed by atoms with Gasteiger partial charge in [0.2, 0.25) is 5.82 Å². The number of rotatable bonds is 5. The Morgan fingerprint density at radius 3 is 2.78 bits per heavy atom. The molecule has 1 N–H and O–H groups in total. The van der Waals surface area contributed by atoms with Crippen molar-refractivity contribution >= 4 is 17.5 Å². The molecule has 1 rings (SSSR count). The fourth-order valence-corrected chi connectivity index (χ4v) is 1.62. The van der Waals surface area contributed by atoms with E-state index >= 15 is 0 Å². The van der Waals surface area contributed by atoms with Gasteiger partial charge in [0.1, 0.15) is 0 Å². The maximum Gasteiger partial charge on any atom is 0.314 e. The maximum absolute atomic E-state index is 11.0. The van der Waals surface area contributed by atoms with Crippen LogP contribution in [0.4, 0.5) is 11.5 Å². The van der Waals surface area contributed by atoms with E-state index in [1.54, 1.807) is 27.0 Å². The van der Waals surface area contributed by atoms with Crippen LogP contribution in [0.3, 0.4) is 0 Å². The van der Waals surface area contributed by atoms with Gasteiger partial charge >= 0.3 is 11.7 Å². The Kier molecular flexibility index (Phi) is 4.19. The molecule has 0 aliphatic carbocycles. The van der Waals surface area contributed by atoms with E-state index in [1.165, 1.54) is 11.1 Å². The van der Waals surface area contributed by atoms with Crippen LogP contribution in [-0.4, -0.2) is 34.6 Å². The molecule has 0 amide bonds. The van der Waals surface area contributed by atoms with Crippen molar-refractivity contribution in [1.29, 1.82) is 0 Å². The van der Waals surface area contributed by atoms with Crippen molar-refractivity contribution in [2.45, 2.75) is 13.8 Å². The Morgan fingerprint density at radius 2 is 2.28 bits per heavy atom. The van der Waals surface area contributed by atoms with Crippen molar-refractivity contribution in [2.24, 2.45) is 5.92 Å². The van der Waals surface area contributed by atoms with Gasteiger partial charge in [-0.2, -0.15) is 0 Å². The predicted molar refractivity (Wildman–Crippen MR) is 65.7 cm³/mol. The Balaban J connectivity index is 3.06. The van der Waals surface area contributed by atoms with Gasteiger partial charge in [-0.25, -0.2) is 4.98 Å². The minimum Gasteiger partial charge on any atom is -0.481 e. The summed E-state index contributed by atoms with van der Waals surface area (Å²) in [5.74, 6) is -1.39. The van der Waals surface area contributed by atoms with Crippen LogP contribution in [0.15, 0.2) is 12.3 Å². The molecule has 0 aliphatic rings. The van der Waals surface area contributed by atoms with Crippen LogP contribution in [0.5, 0.6) is 0 Å². The SMILES string of the molecule is Cc1ccnc(N(C)CC(C)C(=O)O)c1[N+](=O)[O-]. The largest absolute Gasteiger partial charge is 0.481 e. The molecule has 0 aliphatic heterocycles. The van der Waals surface area contributed by atoms with Gasteiger partial charge in [-0.1, -0.05) is 6.92 Å². The summed E-state index contributed by atoms with van der Waals surface area (Å²) < 4.78 is 0. The summed E-state index contributed by atoms with van der Waals surface area (Å²) >= 11 is 0. The van der Waals surface area contributed by atoms with E-state index in [2.05, 4.69) is 4.98 Å². The summed E-state index contributed by atoms with van der Waals surface area (Å²) in [7, 11) is 1.59. The van der Waals surface area contributed by atoms with E-state index < -0.39 is 16.8 Å². The molecule has 1 atom stereocenters. The van der Waals surface area contributed by atoms with Gasteiger partial charge in [-0.05, 0) is 13.0 Å². The average Bonchev–Trinajstić information content (AvgIpc) is 2.27. The Hall–Kier alpha value is -2.18. The second-order valence-electron chi connectivity index (χ2n) is 4.18. The fraction of sp³-hybridized carbons (Fsp3) is 0.455. The lowest BCUT2D eigenvalue weighted by atomic mass is 10.1. The van der Waals surface area contributed by atoms with Gasteiger partial charge in [0.15, 0.2) is 0 Å². The summed E-state index contributed by atoms with van der Waals surface area (Å²) in [6, 6.07) is 1.55. The highest BCUT2D eigenvalue weighted by Crippen LogP contribution is 2.28. The van der Waals surface area contributed by atoms with Gasteiger partial charge in [-0.3, -0.25) is 14.9 Å². The van der Waals surface area contributed by atoms with E-state index in [4.69, 9.17) is 5.11 Å². The first-order valence-corrected chi connectivity index (χ1v) is 5.38. The molecule has 0 radical (unpaired) electrons. The number of carboxylic acid groups (broad SMARTS) is 1. The van der Waals surface area contributed by atoms with Gasteiger partial charge in [-0.15, -0.1) is 0 Å². The third-order valence-electron chi connectivity index (χ3n) is 2.62. The number of hydrogen-bond donors (Lipinski definition) is 1. The van der Waals surface area contributed by atoms with E-state index in [9.17, 15) is 14.9 Å². The van der Waals surface area contributed by atoms with Crippen molar-refractivity contribution in [3.8, 4) is 0 Å². The highest BCUT2D eigenvalue weighted by Gasteiger charge is 2.23. The van der Waals surface area contributed by atoms with Crippen molar-refractivity contribution < 1.29 is 14.8 Å². The normalized spacial score (nSPS) is 11.9. The number of carbonyl (C=O) groups is 1. The standard InChI is InChI=1S/C11H15N3O4/c1-7-4-5-12-10(9(7)14(17)18)13(3)6-8(2)11(15)16/h4-5,8H,6H2,1-3H3,(H,15,16). The van der Waals surface area contributed by atoms with E-state index in [1.807, 2.05) is 0 Å².